The molecule has 4 nitrogen and oxygen atoms in total. The molecular weight excluding hydrogens is 404 g/mol. The standard InChI is InChI=1S/C26H38N2O2S/c1-8-13-22(23(29)28-24-27-16-11-12-17-31-24)30-21-15-14-19(25(4,5)9-2)18-20(21)26(6,7)10-3/h11-12,14-18,22H,8-10,13H2,1-7H3,(H,27,28,29). The first kappa shape index (κ1) is 25.3. The Labute approximate surface area is 192 Å². The van der Waals surface area contributed by atoms with Crippen LogP contribution in [0.5, 0.6) is 5.75 Å². The van der Waals surface area contributed by atoms with Crippen molar-refractivity contribution in [1.29, 1.82) is 0 Å². The molecule has 1 unspecified atom stereocenters. The Hall–Kier alpha value is -2.01. The molecular formula is C26H38N2O2S. The van der Waals surface area contributed by atoms with Gasteiger partial charge in [-0.05, 0) is 53.2 Å². The van der Waals surface area contributed by atoms with Crippen LogP contribution in [0.3, 0.4) is 0 Å². The van der Waals surface area contributed by atoms with Gasteiger partial charge in [0.15, 0.2) is 11.3 Å². The van der Waals surface area contributed by atoms with Crippen molar-refractivity contribution in [1.82, 2.24) is 5.32 Å². The number of carbonyl (C=O) groups excluding carboxylic acids is 1. The van der Waals surface area contributed by atoms with E-state index in [0.29, 0.717) is 11.6 Å². The van der Waals surface area contributed by atoms with E-state index >= 15 is 0 Å². The van der Waals surface area contributed by atoms with E-state index in [1.54, 1.807) is 6.20 Å². The van der Waals surface area contributed by atoms with Crippen LogP contribution in [0.1, 0.15) is 85.3 Å². The van der Waals surface area contributed by atoms with Crippen LogP contribution in [0.2, 0.25) is 0 Å². The summed E-state index contributed by atoms with van der Waals surface area (Å²) in [6.45, 7) is 15.5. The molecule has 1 N–H and O–H groups in total. The third-order valence-corrected chi connectivity index (χ3v) is 6.97. The lowest BCUT2D eigenvalue weighted by molar-refractivity contribution is -0.126. The van der Waals surface area contributed by atoms with Crippen LogP contribution in [-0.4, -0.2) is 17.2 Å². The Morgan fingerprint density at radius 1 is 1.10 bits per heavy atom. The number of hydrogen-bond donors (Lipinski definition) is 1. The van der Waals surface area contributed by atoms with Crippen molar-refractivity contribution in [2.75, 3.05) is 0 Å². The van der Waals surface area contributed by atoms with Gasteiger partial charge in [0.25, 0.3) is 5.91 Å². The number of amides is 1. The van der Waals surface area contributed by atoms with E-state index in [1.165, 1.54) is 17.3 Å². The van der Waals surface area contributed by atoms with E-state index < -0.39 is 6.10 Å². The average Bonchev–Trinajstić information content (AvgIpc) is 3.02. The van der Waals surface area contributed by atoms with Crippen LogP contribution >= 0.6 is 11.8 Å². The predicted molar refractivity (Wildman–Crippen MR) is 134 cm³/mol. The van der Waals surface area contributed by atoms with Crippen molar-refractivity contribution in [2.24, 2.45) is 4.99 Å². The average molecular weight is 443 g/mol. The van der Waals surface area contributed by atoms with Gasteiger partial charge in [-0.15, -0.1) is 0 Å². The summed E-state index contributed by atoms with van der Waals surface area (Å²) in [7, 11) is 0. The Balaban J connectivity index is 2.35. The summed E-state index contributed by atoms with van der Waals surface area (Å²) in [5.41, 5.74) is 2.50. The number of ether oxygens (including phenoxy) is 1. The molecule has 1 amide bonds. The van der Waals surface area contributed by atoms with Gasteiger partial charge >= 0.3 is 0 Å². The topological polar surface area (TPSA) is 50.7 Å². The lowest BCUT2D eigenvalue weighted by Gasteiger charge is -2.31. The van der Waals surface area contributed by atoms with Gasteiger partial charge in [-0.3, -0.25) is 4.79 Å². The number of rotatable bonds is 9. The molecule has 0 aromatic heterocycles. The second kappa shape index (κ2) is 11.0. The van der Waals surface area contributed by atoms with Crippen LogP contribution in [0.15, 0.2) is 47.0 Å². The smallest absolute Gasteiger partial charge is 0.267 e. The minimum atomic E-state index is -0.569. The number of thioether (sulfide) groups is 1. The van der Waals surface area contributed by atoms with E-state index in [4.69, 9.17) is 4.74 Å². The lowest BCUT2D eigenvalue weighted by atomic mass is 9.76. The molecule has 0 bridgehead atoms. The predicted octanol–water partition coefficient (Wildman–Crippen LogP) is 6.86. The van der Waals surface area contributed by atoms with Crippen molar-refractivity contribution >= 4 is 22.8 Å². The van der Waals surface area contributed by atoms with Gasteiger partial charge in [0, 0.05) is 11.8 Å². The summed E-state index contributed by atoms with van der Waals surface area (Å²) in [5.74, 6) is 0.640. The summed E-state index contributed by atoms with van der Waals surface area (Å²) in [6, 6.07) is 6.48. The fourth-order valence-corrected chi connectivity index (χ4v) is 3.80. The van der Waals surface area contributed by atoms with Crippen LogP contribution in [0.25, 0.3) is 0 Å². The first-order valence-corrected chi connectivity index (χ1v) is 12.2. The van der Waals surface area contributed by atoms with Gasteiger partial charge in [-0.2, -0.15) is 0 Å². The number of hydrogen-bond acceptors (Lipinski definition) is 4. The minimum Gasteiger partial charge on any atom is -0.480 e. The van der Waals surface area contributed by atoms with Crippen LogP contribution in [0, 0.1) is 0 Å². The van der Waals surface area contributed by atoms with Crippen molar-refractivity contribution in [3.8, 4) is 5.75 Å². The second-order valence-corrected chi connectivity index (χ2v) is 10.2. The van der Waals surface area contributed by atoms with Gasteiger partial charge in [0.2, 0.25) is 0 Å². The zero-order valence-electron chi connectivity index (χ0n) is 20.1. The molecule has 5 heteroatoms. The number of amidine groups is 1. The highest BCUT2D eigenvalue weighted by Gasteiger charge is 2.29. The maximum Gasteiger partial charge on any atom is 0.267 e. The van der Waals surface area contributed by atoms with Crippen LogP contribution in [0.4, 0.5) is 0 Å². The van der Waals surface area contributed by atoms with Gasteiger partial charge in [0.05, 0.1) is 0 Å². The van der Waals surface area contributed by atoms with E-state index in [9.17, 15) is 4.79 Å². The Bertz CT molecular complexity index is 853. The highest BCUT2D eigenvalue weighted by Crippen LogP contribution is 2.39. The summed E-state index contributed by atoms with van der Waals surface area (Å²) in [5, 5.41) is 5.39. The van der Waals surface area contributed by atoms with Crippen LogP contribution < -0.4 is 10.1 Å². The number of aliphatic imine (C=N–C) groups is 1. The molecule has 1 aliphatic rings. The highest BCUT2D eigenvalue weighted by atomic mass is 32.2. The second-order valence-electron chi connectivity index (χ2n) is 9.29. The molecule has 1 heterocycles. The summed E-state index contributed by atoms with van der Waals surface area (Å²) < 4.78 is 6.40. The Kier molecular flexibility index (Phi) is 8.99. The monoisotopic (exact) mass is 442 g/mol. The highest BCUT2D eigenvalue weighted by molar-refractivity contribution is 8.16. The third kappa shape index (κ3) is 6.73. The SMILES string of the molecule is CCCC(Oc1ccc(C(C)(C)CC)cc1C(C)(C)CC)C(=O)NC1=NC=CC=CS1. The normalized spacial score (nSPS) is 15.3. The molecule has 0 spiro atoms. The molecule has 1 atom stereocenters. The molecule has 0 saturated carbocycles. The summed E-state index contributed by atoms with van der Waals surface area (Å²) in [4.78, 5) is 17.3. The summed E-state index contributed by atoms with van der Waals surface area (Å²) >= 11 is 1.39. The molecule has 0 radical (unpaired) electrons. The lowest BCUT2D eigenvalue weighted by Crippen LogP contribution is -2.41. The third-order valence-electron chi connectivity index (χ3n) is 6.25. The molecule has 1 aliphatic heterocycles. The first-order valence-electron chi connectivity index (χ1n) is 11.3. The largest absolute Gasteiger partial charge is 0.480 e. The van der Waals surface area contributed by atoms with E-state index in [2.05, 4.69) is 77.0 Å². The van der Waals surface area contributed by atoms with Gasteiger partial charge in [0.1, 0.15) is 5.75 Å². The maximum atomic E-state index is 13.0. The molecule has 0 aliphatic carbocycles. The van der Waals surface area contributed by atoms with Crippen LogP contribution in [-0.2, 0) is 15.6 Å². The minimum absolute atomic E-state index is 0.0563. The molecule has 170 valence electrons. The molecule has 31 heavy (non-hydrogen) atoms. The maximum absolute atomic E-state index is 13.0. The molecule has 1 aromatic carbocycles. The number of benzene rings is 1. The van der Waals surface area contributed by atoms with E-state index in [1.807, 2.05) is 17.6 Å². The van der Waals surface area contributed by atoms with E-state index in [0.717, 1.165) is 30.6 Å². The first-order chi connectivity index (χ1) is 14.6. The van der Waals surface area contributed by atoms with Crippen molar-refractivity contribution in [3.05, 3.63) is 53.1 Å². The van der Waals surface area contributed by atoms with Gasteiger partial charge in [-0.1, -0.05) is 84.9 Å². The Morgan fingerprint density at radius 3 is 2.45 bits per heavy atom. The van der Waals surface area contributed by atoms with Crippen molar-refractivity contribution < 1.29 is 9.53 Å². The molecule has 2 rings (SSSR count). The van der Waals surface area contributed by atoms with Gasteiger partial charge in [-0.25, -0.2) is 4.99 Å². The quantitative estimate of drug-likeness (QED) is 0.455. The summed E-state index contributed by atoms with van der Waals surface area (Å²) in [6.07, 6.45) is 8.38. The molecule has 0 saturated heterocycles. The zero-order valence-corrected chi connectivity index (χ0v) is 20.9. The fraction of sp³-hybridized carbons (Fsp3) is 0.538. The number of nitrogens with one attached hydrogen (secondary N) is 1. The fourth-order valence-electron chi connectivity index (χ4n) is 3.22. The number of nitrogens with zero attached hydrogens (tertiary/aromatic N) is 1. The Morgan fingerprint density at radius 2 is 1.81 bits per heavy atom. The zero-order chi connectivity index (χ0) is 23.1. The van der Waals surface area contributed by atoms with E-state index in [-0.39, 0.29) is 16.7 Å². The number of allylic oxidation sites excluding steroid dienone is 2. The molecule has 1 aromatic rings. The van der Waals surface area contributed by atoms with Gasteiger partial charge < -0.3 is 10.1 Å². The van der Waals surface area contributed by atoms with Crippen molar-refractivity contribution in [3.63, 3.8) is 0 Å². The van der Waals surface area contributed by atoms with Crippen molar-refractivity contribution in [2.45, 2.75) is 91.1 Å². The number of carbonyl (C=O) groups is 1. The molecule has 0 fully saturated rings.